The minimum atomic E-state index is -3.17. The van der Waals surface area contributed by atoms with Crippen LogP contribution in [0.3, 0.4) is 0 Å². The maximum atomic E-state index is 12.8. The number of halogens is 1. The van der Waals surface area contributed by atoms with Crippen molar-refractivity contribution in [2.24, 2.45) is 5.92 Å². The molecule has 1 aliphatic heterocycles. The standard InChI is InChI=1S/C15H22FN3O3S/c1-2-23(21,22)17-11-12-7-9-19(10-8-12)15(20)18-14-5-3-13(16)4-6-14/h3-6,12,17H,2,7-11H2,1H3,(H,18,20). The first-order chi connectivity index (χ1) is 10.9. The predicted octanol–water partition coefficient (Wildman–Crippen LogP) is 2.01. The van der Waals surface area contributed by atoms with Gasteiger partial charge < -0.3 is 10.2 Å². The lowest BCUT2D eigenvalue weighted by atomic mass is 9.97. The predicted molar refractivity (Wildman–Crippen MR) is 87.2 cm³/mol. The maximum absolute atomic E-state index is 12.8. The SMILES string of the molecule is CCS(=O)(=O)NCC1CCN(C(=O)Nc2ccc(F)cc2)CC1. The highest BCUT2D eigenvalue weighted by molar-refractivity contribution is 7.89. The van der Waals surface area contributed by atoms with Crippen LogP contribution in [0.4, 0.5) is 14.9 Å². The first kappa shape index (κ1) is 17.7. The molecule has 8 heteroatoms. The van der Waals surface area contributed by atoms with E-state index in [1.54, 1.807) is 11.8 Å². The van der Waals surface area contributed by atoms with Gasteiger partial charge in [-0.3, -0.25) is 0 Å². The molecule has 1 aromatic carbocycles. The summed E-state index contributed by atoms with van der Waals surface area (Å²) in [5, 5.41) is 2.73. The number of piperidine rings is 1. The topological polar surface area (TPSA) is 78.5 Å². The molecule has 0 aliphatic carbocycles. The number of anilines is 1. The molecule has 23 heavy (non-hydrogen) atoms. The van der Waals surface area contributed by atoms with E-state index in [0.29, 0.717) is 25.3 Å². The fourth-order valence-electron chi connectivity index (χ4n) is 2.42. The first-order valence-electron chi connectivity index (χ1n) is 7.68. The highest BCUT2D eigenvalue weighted by atomic mass is 32.2. The zero-order valence-electron chi connectivity index (χ0n) is 13.1. The van der Waals surface area contributed by atoms with Gasteiger partial charge in [-0.05, 0) is 49.9 Å². The molecule has 0 bridgehead atoms. The minimum absolute atomic E-state index is 0.0753. The third-order valence-corrected chi connectivity index (χ3v) is 5.34. The molecule has 0 spiro atoms. The molecule has 1 aliphatic rings. The molecule has 6 nitrogen and oxygen atoms in total. The average Bonchev–Trinajstić information content (AvgIpc) is 2.55. The molecule has 0 atom stereocenters. The van der Waals surface area contributed by atoms with Gasteiger partial charge in [-0.25, -0.2) is 22.3 Å². The number of urea groups is 1. The van der Waals surface area contributed by atoms with Crippen LogP contribution in [0.2, 0.25) is 0 Å². The molecule has 2 N–H and O–H groups in total. The van der Waals surface area contributed by atoms with Gasteiger partial charge >= 0.3 is 6.03 Å². The highest BCUT2D eigenvalue weighted by Gasteiger charge is 2.23. The van der Waals surface area contributed by atoms with Gasteiger partial charge in [0, 0.05) is 25.3 Å². The van der Waals surface area contributed by atoms with Crippen LogP contribution in [0.1, 0.15) is 19.8 Å². The summed E-state index contributed by atoms with van der Waals surface area (Å²) in [6.07, 6.45) is 1.51. The van der Waals surface area contributed by atoms with E-state index < -0.39 is 10.0 Å². The summed E-state index contributed by atoms with van der Waals surface area (Å²) < 4.78 is 38.3. The Bertz CT molecular complexity index is 626. The van der Waals surface area contributed by atoms with Gasteiger partial charge in [-0.1, -0.05) is 0 Å². The number of rotatable bonds is 5. The molecule has 1 heterocycles. The third-order valence-electron chi connectivity index (χ3n) is 3.97. The number of carbonyl (C=O) groups is 1. The molecule has 0 aromatic heterocycles. The quantitative estimate of drug-likeness (QED) is 0.858. The van der Waals surface area contributed by atoms with Crippen LogP contribution in [-0.4, -0.2) is 44.7 Å². The summed E-state index contributed by atoms with van der Waals surface area (Å²) in [6, 6.07) is 5.40. The summed E-state index contributed by atoms with van der Waals surface area (Å²) in [5.41, 5.74) is 0.550. The number of likely N-dealkylation sites (tertiary alicyclic amines) is 1. The molecule has 1 saturated heterocycles. The smallest absolute Gasteiger partial charge is 0.321 e. The largest absolute Gasteiger partial charge is 0.325 e. The molecular formula is C15H22FN3O3S. The van der Waals surface area contributed by atoms with Crippen LogP contribution >= 0.6 is 0 Å². The van der Waals surface area contributed by atoms with Crippen molar-refractivity contribution in [2.45, 2.75) is 19.8 Å². The van der Waals surface area contributed by atoms with Gasteiger partial charge in [0.15, 0.2) is 0 Å². The van der Waals surface area contributed by atoms with E-state index in [4.69, 9.17) is 0 Å². The summed E-state index contributed by atoms with van der Waals surface area (Å²) in [5.74, 6) is -0.0316. The summed E-state index contributed by atoms with van der Waals surface area (Å²) in [4.78, 5) is 13.8. The van der Waals surface area contributed by atoms with Gasteiger partial charge in [0.25, 0.3) is 0 Å². The van der Waals surface area contributed by atoms with E-state index in [9.17, 15) is 17.6 Å². The number of carbonyl (C=O) groups excluding carboxylic acids is 1. The Morgan fingerprint density at radius 1 is 1.26 bits per heavy atom. The van der Waals surface area contributed by atoms with Gasteiger partial charge in [0.2, 0.25) is 10.0 Å². The summed E-state index contributed by atoms with van der Waals surface area (Å²) in [6.45, 7) is 3.17. The molecule has 2 rings (SSSR count). The maximum Gasteiger partial charge on any atom is 0.321 e. The lowest BCUT2D eigenvalue weighted by molar-refractivity contribution is 0.183. The molecule has 0 unspecified atom stereocenters. The fraction of sp³-hybridized carbons (Fsp3) is 0.533. The number of hydrogen-bond donors (Lipinski definition) is 2. The second-order valence-corrected chi connectivity index (χ2v) is 7.71. The normalized spacial score (nSPS) is 16.3. The Balaban J connectivity index is 1.77. The number of amides is 2. The molecule has 1 fully saturated rings. The average molecular weight is 343 g/mol. The lowest BCUT2D eigenvalue weighted by Crippen LogP contribution is -2.43. The first-order valence-corrected chi connectivity index (χ1v) is 9.33. The van der Waals surface area contributed by atoms with Crippen molar-refractivity contribution in [1.29, 1.82) is 0 Å². The Kier molecular flexibility index (Phi) is 5.95. The minimum Gasteiger partial charge on any atom is -0.325 e. The van der Waals surface area contributed by atoms with Crippen LogP contribution < -0.4 is 10.0 Å². The second kappa shape index (κ2) is 7.74. The Hall–Kier alpha value is -1.67. The summed E-state index contributed by atoms with van der Waals surface area (Å²) >= 11 is 0. The van der Waals surface area contributed by atoms with E-state index in [2.05, 4.69) is 10.0 Å². The zero-order chi connectivity index (χ0) is 16.9. The monoisotopic (exact) mass is 343 g/mol. The van der Waals surface area contributed by atoms with Gasteiger partial charge in [0.1, 0.15) is 5.82 Å². The van der Waals surface area contributed by atoms with E-state index >= 15 is 0 Å². The number of nitrogens with zero attached hydrogens (tertiary/aromatic N) is 1. The second-order valence-electron chi connectivity index (χ2n) is 5.62. The highest BCUT2D eigenvalue weighted by Crippen LogP contribution is 2.18. The van der Waals surface area contributed by atoms with Gasteiger partial charge in [-0.15, -0.1) is 0 Å². The van der Waals surface area contributed by atoms with Crippen LogP contribution in [-0.2, 0) is 10.0 Å². The molecule has 0 saturated carbocycles. The van der Waals surface area contributed by atoms with Crippen molar-refractivity contribution >= 4 is 21.7 Å². The van der Waals surface area contributed by atoms with Crippen molar-refractivity contribution in [3.8, 4) is 0 Å². The van der Waals surface area contributed by atoms with E-state index in [1.807, 2.05) is 0 Å². The Labute approximate surface area is 136 Å². The van der Waals surface area contributed by atoms with Crippen LogP contribution in [0.15, 0.2) is 24.3 Å². The number of benzene rings is 1. The van der Waals surface area contributed by atoms with Gasteiger partial charge in [-0.2, -0.15) is 0 Å². The van der Waals surface area contributed by atoms with Crippen molar-refractivity contribution in [3.05, 3.63) is 30.1 Å². The molecule has 1 aromatic rings. The number of hydrogen-bond acceptors (Lipinski definition) is 3. The lowest BCUT2D eigenvalue weighted by Gasteiger charge is -2.32. The van der Waals surface area contributed by atoms with E-state index in [1.165, 1.54) is 24.3 Å². The molecule has 0 radical (unpaired) electrons. The van der Waals surface area contributed by atoms with Crippen molar-refractivity contribution in [3.63, 3.8) is 0 Å². The molecule has 2 amide bonds. The Morgan fingerprint density at radius 2 is 1.87 bits per heavy atom. The van der Waals surface area contributed by atoms with Crippen LogP contribution in [0.25, 0.3) is 0 Å². The van der Waals surface area contributed by atoms with E-state index in [0.717, 1.165) is 12.8 Å². The van der Waals surface area contributed by atoms with Crippen LogP contribution in [0, 0.1) is 11.7 Å². The fourth-order valence-corrected chi connectivity index (χ4v) is 3.12. The van der Waals surface area contributed by atoms with Gasteiger partial charge in [0.05, 0.1) is 5.75 Å². The third kappa shape index (κ3) is 5.47. The number of nitrogens with one attached hydrogen (secondary N) is 2. The number of sulfonamides is 1. The summed E-state index contributed by atoms with van der Waals surface area (Å²) in [7, 11) is -3.17. The zero-order valence-corrected chi connectivity index (χ0v) is 13.9. The van der Waals surface area contributed by atoms with Crippen molar-refractivity contribution in [2.75, 3.05) is 30.7 Å². The van der Waals surface area contributed by atoms with Crippen molar-refractivity contribution in [1.82, 2.24) is 9.62 Å². The molecule has 128 valence electrons. The van der Waals surface area contributed by atoms with E-state index in [-0.39, 0.29) is 23.5 Å². The van der Waals surface area contributed by atoms with Crippen molar-refractivity contribution < 1.29 is 17.6 Å². The van der Waals surface area contributed by atoms with Crippen LogP contribution in [0.5, 0.6) is 0 Å². The Morgan fingerprint density at radius 3 is 2.43 bits per heavy atom. The molecular weight excluding hydrogens is 321 g/mol.